The number of benzene rings is 2. The quantitative estimate of drug-likeness (QED) is 0.397. The van der Waals surface area contributed by atoms with Crippen LogP contribution in [0.25, 0.3) is 10.9 Å². The Labute approximate surface area is 176 Å². The Morgan fingerprint density at radius 2 is 1.68 bits per heavy atom. The highest BCUT2D eigenvalue weighted by Crippen LogP contribution is 2.31. The van der Waals surface area contributed by atoms with Crippen LogP contribution in [-0.2, 0) is 0 Å². The molecule has 28 heavy (non-hydrogen) atoms. The Balaban J connectivity index is 0.00000225. The second kappa shape index (κ2) is 8.70. The number of nitrogens with zero attached hydrogens (tertiary/aromatic N) is 3. The molecule has 2 heterocycles. The summed E-state index contributed by atoms with van der Waals surface area (Å²) in [6.45, 7) is 0. The van der Waals surface area contributed by atoms with Gasteiger partial charge in [0.15, 0.2) is 0 Å². The number of anilines is 2. The summed E-state index contributed by atoms with van der Waals surface area (Å²) in [5.41, 5.74) is 2.88. The highest BCUT2D eigenvalue weighted by molar-refractivity contribution is 9.10. The standard InChI is InChI=1S/C21H13BrN4O.ClH/c22-15-1-6-20-19(11-15)21(14(12-23)13-25-20)26-16-2-4-17(5-3-16)27-18-7-9-24-10-8-18;/h1-11,13H,(H,25,26);1H. The summed E-state index contributed by atoms with van der Waals surface area (Å²) in [7, 11) is 0. The van der Waals surface area contributed by atoms with Gasteiger partial charge >= 0.3 is 0 Å². The van der Waals surface area contributed by atoms with Crippen LogP contribution in [0.2, 0.25) is 0 Å². The van der Waals surface area contributed by atoms with Gasteiger partial charge in [0.25, 0.3) is 0 Å². The Morgan fingerprint density at radius 3 is 2.39 bits per heavy atom. The first-order valence-corrected chi connectivity index (χ1v) is 8.95. The molecule has 1 N–H and O–H groups in total. The van der Waals surface area contributed by atoms with Gasteiger partial charge in [0.2, 0.25) is 0 Å². The molecule has 0 atom stereocenters. The van der Waals surface area contributed by atoms with E-state index in [-0.39, 0.29) is 12.4 Å². The summed E-state index contributed by atoms with van der Waals surface area (Å²) in [5, 5.41) is 13.7. The van der Waals surface area contributed by atoms with Crippen molar-refractivity contribution in [1.29, 1.82) is 5.26 Å². The molecular formula is C21H14BrClN4O. The third-order valence-electron chi connectivity index (χ3n) is 3.96. The molecule has 4 rings (SSSR count). The van der Waals surface area contributed by atoms with Crippen molar-refractivity contribution in [2.75, 3.05) is 5.32 Å². The summed E-state index contributed by atoms with van der Waals surface area (Å²) < 4.78 is 6.70. The fraction of sp³-hybridized carbons (Fsp3) is 0. The van der Waals surface area contributed by atoms with Crippen LogP contribution in [0.4, 0.5) is 11.4 Å². The SMILES string of the molecule is Cl.N#Cc1cnc2ccc(Br)cc2c1Nc1ccc(Oc2ccncc2)cc1. The van der Waals surface area contributed by atoms with Crippen LogP contribution in [-0.4, -0.2) is 9.97 Å². The van der Waals surface area contributed by atoms with Gasteiger partial charge in [0.05, 0.1) is 16.8 Å². The first-order valence-electron chi connectivity index (χ1n) is 8.16. The summed E-state index contributed by atoms with van der Waals surface area (Å²) in [4.78, 5) is 8.32. The van der Waals surface area contributed by atoms with Crippen LogP contribution in [0.5, 0.6) is 11.5 Å². The number of ether oxygens (including phenoxy) is 1. The van der Waals surface area contributed by atoms with Gasteiger partial charge in [0.1, 0.15) is 17.6 Å². The molecule has 138 valence electrons. The Bertz CT molecular complexity index is 1140. The normalized spacial score (nSPS) is 10.0. The van der Waals surface area contributed by atoms with Crippen LogP contribution in [0, 0.1) is 11.3 Å². The van der Waals surface area contributed by atoms with Crippen molar-refractivity contribution >= 4 is 50.6 Å². The lowest BCUT2D eigenvalue weighted by Gasteiger charge is -2.12. The fourth-order valence-electron chi connectivity index (χ4n) is 2.68. The van der Waals surface area contributed by atoms with Crippen LogP contribution in [0.3, 0.4) is 0 Å². The molecule has 0 spiro atoms. The van der Waals surface area contributed by atoms with E-state index in [4.69, 9.17) is 4.74 Å². The summed E-state index contributed by atoms with van der Waals surface area (Å²) in [6.07, 6.45) is 4.95. The minimum atomic E-state index is 0. The highest BCUT2D eigenvalue weighted by atomic mass is 79.9. The summed E-state index contributed by atoms with van der Waals surface area (Å²) >= 11 is 3.48. The third-order valence-corrected chi connectivity index (χ3v) is 4.45. The van der Waals surface area contributed by atoms with Gasteiger partial charge in [-0.3, -0.25) is 9.97 Å². The minimum Gasteiger partial charge on any atom is -0.457 e. The summed E-state index contributed by atoms with van der Waals surface area (Å²) in [5.74, 6) is 1.44. The molecule has 0 aliphatic rings. The average molecular weight is 454 g/mol. The zero-order chi connectivity index (χ0) is 18.6. The minimum absolute atomic E-state index is 0. The molecule has 5 nitrogen and oxygen atoms in total. The molecule has 0 unspecified atom stereocenters. The van der Waals surface area contributed by atoms with Crippen molar-refractivity contribution in [2.45, 2.75) is 0 Å². The maximum absolute atomic E-state index is 9.47. The van der Waals surface area contributed by atoms with Gasteiger partial charge < -0.3 is 10.1 Å². The fourth-order valence-corrected chi connectivity index (χ4v) is 3.04. The molecular weight excluding hydrogens is 440 g/mol. The molecule has 0 bridgehead atoms. The van der Waals surface area contributed by atoms with Crippen molar-refractivity contribution in [1.82, 2.24) is 9.97 Å². The van der Waals surface area contributed by atoms with E-state index in [9.17, 15) is 5.26 Å². The van der Waals surface area contributed by atoms with Crippen LogP contribution < -0.4 is 10.1 Å². The lowest BCUT2D eigenvalue weighted by atomic mass is 10.1. The Hall–Kier alpha value is -3.14. The van der Waals surface area contributed by atoms with E-state index in [1.165, 1.54) is 0 Å². The highest BCUT2D eigenvalue weighted by Gasteiger charge is 2.10. The Kier molecular flexibility index (Phi) is 6.09. The van der Waals surface area contributed by atoms with Gasteiger partial charge in [0, 0.05) is 34.1 Å². The molecule has 4 aromatic rings. The zero-order valence-corrected chi connectivity index (χ0v) is 16.9. The van der Waals surface area contributed by atoms with E-state index in [0.29, 0.717) is 5.56 Å². The zero-order valence-electron chi connectivity index (χ0n) is 14.5. The van der Waals surface area contributed by atoms with E-state index in [1.54, 1.807) is 30.7 Å². The number of aromatic nitrogens is 2. The number of hydrogen-bond donors (Lipinski definition) is 1. The van der Waals surface area contributed by atoms with E-state index >= 15 is 0 Å². The van der Waals surface area contributed by atoms with Crippen molar-refractivity contribution in [3.05, 3.63) is 83.2 Å². The first kappa shape index (κ1) is 19.6. The predicted molar refractivity (Wildman–Crippen MR) is 115 cm³/mol. The van der Waals surface area contributed by atoms with Crippen LogP contribution >= 0.6 is 28.3 Å². The van der Waals surface area contributed by atoms with Gasteiger partial charge in [-0.2, -0.15) is 5.26 Å². The van der Waals surface area contributed by atoms with E-state index in [2.05, 4.69) is 37.3 Å². The van der Waals surface area contributed by atoms with Gasteiger partial charge in [-0.25, -0.2) is 0 Å². The molecule has 0 fully saturated rings. The largest absolute Gasteiger partial charge is 0.457 e. The average Bonchev–Trinajstić information content (AvgIpc) is 2.70. The molecule has 2 aromatic heterocycles. The topological polar surface area (TPSA) is 70.8 Å². The van der Waals surface area contributed by atoms with Crippen LogP contribution in [0.1, 0.15) is 5.56 Å². The van der Waals surface area contributed by atoms with Gasteiger partial charge in [-0.1, -0.05) is 15.9 Å². The number of nitriles is 1. The van der Waals surface area contributed by atoms with E-state index in [0.717, 1.165) is 38.2 Å². The van der Waals surface area contributed by atoms with Crippen molar-refractivity contribution < 1.29 is 4.74 Å². The van der Waals surface area contributed by atoms with Gasteiger partial charge in [-0.15, -0.1) is 12.4 Å². The molecule has 0 aliphatic carbocycles. The van der Waals surface area contributed by atoms with Crippen LogP contribution in [0.15, 0.2) is 77.7 Å². The number of pyridine rings is 2. The molecule has 0 saturated carbocycles. The number of hydrogen-bond acceptors (Lipinski definition) is 5. The molecule has 0 saturated heterocycles. The maximum Gasteiger partial charge on any atom is 0.130 e. The van der Waals surface area contributed by atoms with E-state index < -0.39 is 0 Å². The Morgan fingerprint density at radius 1 is 0.964 bits per heavy atom. The smallest absolute Gasteiger partial charge is 0.130 e. The maximum atomic E-state index is 9.47. The molecule has 0 radical (unpaired) electrons. The first-order chi connectivity index (χ1) is 13.2. The molecule has 7 heteroatoms. The number of nitrogens with one attached hydrogen (secondary N) is 1. The molecule has 0 aliphatic heterocycles. The predicted octanol–water partition coefficient (Wildman–Crippen LogP) is 6.22. The van der Waals surface area contributed by atoms with Crippen molar-refractivity contribution in [2.24, 2.45) is 0 Å². The monoisotopic (exact) mass is 452 g/mol. The summed E-state index contributed by atoms with van der Waals surface area (Å²) in [6, 6.07) is 19.1. The lowest BCUT2D eigenvalue weighted by Crippen LogP contribution is -1.97. The lowest BCUT2D eigenvalue weighted by molar-refractivity contribution is 0.482. The van der Waals surface area contributed by atoms with Crippen molar-refractivity contribution in [3.8, 4) is 17.6 Å². The second-order valence-corrected chi connectivity index (χ2v) is 6.67. The molecule has 2 aromatic carbocycles. The number of rotatable bonds is 4. The molecule has 0 amide bonds. The number of fused-ring (bicyclic) bond motifs is 1. The van der Waals surface area contributed by atoms with Gasteiger partial charge in [-0.05, 0) is 54.6 Å². The van der Waals surface area contributed by atoms with Crippen molar-refractivity contribution in [3.63, 3.8) is 0 Å². The van der Waals surface area contributed by atoms with E-state index in [1.807, 2.05) is 42.5 Å². The number of halogens is 2. The second-order valence-electron chi connectivity index (χ2n) is 5.75. The third kappa shape index (κ3) is 4.22.